The lowest BCUT2D eigenvalue weighted by atomic mass is 9.94. The first kappa shape index (κ1) is 15.3. The zero-order valence-corrected chi connectivity index (χ0v) is 13.2. The summed E-state index contributed by atoms with van der Waals surface area (Å²) in [6.45, 7) is 7.22. The molecule has 2 nitrogen and oxygen atoms in total. The minimum atomic E-state index is 0.175. The molecule has 0 heterocycles. The zero-order chi connectivity index (χ0) is 13.7. The van der Waals surface area contributed by atoms with Crippen LogP contribution in [0.4, 0.5) is 0 Å². The molecule has 0 radical (unpaired) electrons. The second-order valence-electron chi connectivity index (χ2n) is 7.48. The van der Waals surface area contributed by atoms with Gasteiger partial charge in [0.1, 0.15) is 0 Å². The third kappa shape index (κ3) is 4.75. The molecule has 2 rings (SSSR count). The molecule has 112 valence electrons. The number of hydrogen-bond donors (Lipinski definition) is 1. The van der Waals surface area contributed by atoms with Crippen molar-refractivity contribution >= 4 is 0 Å². The Bertz CT molecular complexity index is 250. The summed E-state index contributed by atoms with van der Waals surface area (Å²) in [4.78, 5) is 2.78. The fourth-order valence-corrected chi connectivity index (χ4v) is 3.87. The molecule has 0 saturated heterocycles. The standard InChI is InChI=1S/C17H34N2/c1-15(2)9-13-19(16-7-3-4-8-16)14-12-17(18)10-5-6-11-17/h15-16H,3-14,18H2,1-2H3. The molecule has 2 heteroatoms. The van der Waals surface area contributed by atoms with Crippen molar-refractivity contribution in [1.82, 2.24) is 4.90 Å². The van der Waals surface area contributed by atoms with Crippen molar-refractivity contribution in [2.45, 2.75) is 89.6 Å². The normalized spacial score (nSPS) is 23.8. The average Bonchev–Trinajstić information content (AvgIpc) is 3.01. The molecule has 0 aliphatic heterocycles. The van der Waals surface area contributed by atoms with Crippen LogP contribution in [0.15, 0.2) is 0 Å². The molecule has 2 aliphatic carbocycles. The van der Waals surface area contributed by atoms with E-state index in [0.717, 1.165) is 12.0 Å². The van der Waals surface area contributed by atoms with E-state index in [2.05, 4.69) is 18.7 Å². The molecule has 0 atom stereocenters. The third-order valence-electron chi connectivity index (χ3n) is 5.33. The maximum absolute atomic E-state index is 6.54. The monoisotopic (exact) mass is 266 g/mol. The Morgan fingerprint density at radius 1 is 1.05 bits per heavy atom. The van der Waals surface area contributed by atoms with Crippen LogP contribution in [0, 0.1) is 5.92 Å². The van der Waals surface area contributed by atoms with Gasteiger partial charge in [0.2, 0.25) is 0 Å². The van der Waals surface area contributed by atoms with Crippen LogP contribution in [0.5, 0.6) is 0 Å². The van der Waals surface area contributed by atoms with Gasteiger partial charge >= 0.3 is 0 Å². The number of nitrogens with two attached hydrogens (primary N) is 1. The summed E-state index contributed by atoms with van der Waals surface area (Å²) in [6, 6.07) is 0.865. The van der Waals surface area contributed by atoms with E-state index in [9.17, 15) is 0 Å². The van der Waals surface area contributed by atoms with Crippen LogP contribution in [0.3, 0.4) is 0 Å². The quantitative estimate of drug-likeness (QED) is 0.756. The maximum Gasteiger partial charge on any atom is 0.0166 e. The largest absolute Gasteiger partial charge is 0.325 e. The molecule has 2 aliphatic rings. The molecular formula is C17H34N2. The second kappa shape index (κ2) is 7.08. The van der Waals surface area contributed by atoms with E-state index in [1.54, 1.807) is 0 Å². The number of rotatable bonds is 7. The van der Waals surface area contributed by atoms with Crippen LogP contribution < -0.4 is 5.73 Å². The highest BCUT2D eigenvalue weighted by Crippen LogP contribution is 2.31. The molecular weight excluding hydrogens is 232 g/mol. The van der Waals surface area contributed by atoms with Crippen molar-refractivity contribution in [2.24, 2.45) is 11.7 Å². The first-order valence-corrected chi connectivity index (χ1v) is 8.62. The lowest BCUT2D eigenvalue weighted by molar-refractivity contribution is 0.169. The Balaban J connectivity index is 1.81. The van der Waals surface area contributed by atoms with Crippen LogP contribution in [0.1, 0.15) is 78.1 Å². The van der Waals surface area contributed by atoms with E-state index in [4.69, 9.17) is 5.73 Å². The summed E-state index contributed by atoms with van der Waals surface area (Å²) in [6.07, 6.45) is 13.5. The van der Waals surface area contributed by atoms with E-state index in [-0.39, 0.29) is 5.54 Å². The van der Waals surface area contributed by atoms with Gasteiger partial charge in [0.15, 0.2) is 0 Å². The molecule has 2 saturated carbocycles. The summed E-state index contributed by atoms with van der Waals surface area (Å²) in [5.74, 6) is 0.822. The van der Waals surface area contributed by atoms with Crippen molar-refractivity contribution in [2.75, 3.05) is 13.1 Å². The summed E-state index contributed by atoms with van der Waals surface area (Å²) in [5, 5.41) is 0. The number of nitrogens with zero attached hydrogens (tertiary/aromatic N) is 1. The minimum absolute atomic E-state index is 0.175. The van der Waals surface area contributed by atoms with Gasteiger partial charge < -0.3 is 10.6 Å². The van der Waals surface area contributed by atoms with E-state index in [0.29, 0.717) is 0 Å². The molecule has 19 heavy (non-hydrogen) atoms. The lowest BCUT2D eigenvalue weighted by Gasteiger charge is -2.33. The summed E-state index contributed by atoms with van der Waals surface area (Å²) < 4.78 is 0. The van der Waals surface area contributed by atoms with Gasteiger partial charge in [0.25, 0.3) is 0 Å². The SMILES string of the molecule is CC(C)CCN(CCC1(N)CCCC1)C1CCCC1. The average molecular weight is 266 g/mol. The molecule has 0 aromatic carbocycles. The van der Waals surface area contributed by atoms with Gasteiger partial charge in [-0.05, 0) is 51.0 Å². The van der Waals surface area contributed by atoms with E-state index in [1.165, 1.54) is 77.3 Å². The zero-order valence-electron chi connectivity index (χ0n) is 13.2. The van der Waals surface area contributed by atoms with Gasteiger partial charge in [-0.3, -0.25) is 0 Å². The Morgan fingerprint density at radius 3 is 2.26 bits per heavy atom. The lowest BCUT2D eigenvalue weighted by Crippen LogP contribution is -2.43. The number of hydrogen-bond acceptors (Lipinski definition) is 2. The van der Waals surface area contributed by atoms with E-state index >= 15 is 0 Å². The molecule has 2 N–H and O–H groups in total. The van der Waals surface area contributed by atoms with Crippen molar-refractivity contribution in [1.29, 1.82) is 0 Å². The Labute approximate surface area is 120 Å². The van der Waals surface area contributed by atoms with Crippen molar-refractivity contribution < 1.29 is 0 Å². The molecule has 0 spiro atoms. The molecule has 0 amide bonds. The topological polar surface area (TPSA) is 29.3 Å². The minimum Gasteiger partial charge on any atom is -0.325 e. The summed E-state index contributed by atoms with van der Waals surface area (Å²) >= 11 is 0. The highest BCUT2D eigenvalue weighted by molar-refractivity contribution is 4.90. The van der Waals surface area contributed by atoms with Crippen LogP contribution in [0.25, 0.3) is 0 Å². The van der Waals surface area contributed by atoms with Crippen molar-refractivity contribution in [3.8, 4) is 0 Å². The predicted octanol–water partition coefficient (Wildman–Crippen LogP) is 3.94. The van der Waals surface area contributed by atoms with Crippen LogP contribution in [-0.2, 0) is 0 Å². The molecule has 0 unspecified atom stereocenters. The molecule has 0 aromatic heterocycles. The Morgan fingerprint density at radius 2 is 1.68 bits per heavy atom. The van der Waals surface area contributed by atoms with Gasteiger partial charge in [-0.1, -0.05) is 39.5 Å². The van der Waals surface area contributed by atoms with Gasteiger partial charge in [0.05, 0.1) is 0 Å². The third-order valence-corrected chi connectivity index (χ3v) is 5.33. The first-order valence-electron chi connectivity index (χ1n) is 8.62. The van der Waals surface area contributed by atoms with Crippen LogP contribution >= 0.6 is 0 Å². The van der Waals surface area contributed by atoms with Crippen LogP contribution in [0.2, 0.25) is 0 Å². The van der Waals surface area contributed by atoms with Gasteiger partial charge in [0, 0.05) is 18.1 Å². The highest BCUT2D eigenvalue weighted by atomic mass is 15.2. The highest BCUT2D eigenvalue weighted by Gasteiger charge is 2.31. The van der Waals surface area contributed by atoms with Gasteiger partial charge in [-0.2, -0.15) is 0 Å². The fourth-order valence-electron chi connectivity index (χ4n) is 3.87. The predicted molar refractivity (Wildman–Crippen MR) is 83.3 cm³/mol. The Kier molecular flexibility index (Phi) is 5.70. The van der Waals surface area contributed by atoms with E-state index in [1.807, 2.05) is 0 Å². The summed E-state index contributed by atoms with van der Waals surface area (Å²) in [5.41, 5.74) is 6.71. The van der Waals surface area contributed by atoms with Crippen molar-refractivity contribution in [3.63, 3.8) is 0 Å². The molecule has 0 aromatic rings. The maximum atomic E-state index is 6.54. The van der Waals surface area contributed by atoms with Crippen LogP contribution in [-0.4, -0.2) is 29.6 Å². The molecule has 2 fully saturated rings. The van der Waals surface area contributed by atoms with Gasteiger partial charge in [-0.15, -0.1) is 0 Å². The first-order chi connectivity index (χ1) is 9.09. The van der Waals surface area contributed by atoms with E-state index < -0.39 is 0 Å². The summed E-state index contributed by atoms with van der Waals surface area (Å²) in [7, 11) is 0. The van der Waals surface area contributed by atoms with Crippen molar-refractivity contribution in [3.05, 3.63) is 0 Å². The Hall–Kier alpha value is -0.0800. The molecule has 0 bridgehead atoms. The fraction of sp³-hybridized carbons (Fsp3) is 1.00. The van der Waals surface area contributed by atoms with Gasteiger partial charge in [-0.25, -0.2) is 0 Å². The second-order valence-corrected chi connectivity index (χ2v) is 7.48. The smallest absolute Gasteiger partial charge is 0.0166 e.